The SMILES string of the molecule is c1ccc(-c2ccccc2-c2c(-c3ccccc3)cccc2N(c2ccc(-c3ccc(-c4ccc5ccccc5c4)cc3)cc2)c2ccc3c(c2)C2(c4ccccc4-c4ccccc42)c2ccccc2-3)cc1. The molecule has 0 atom stereocenters. The third-order valence-electron chi connectivity index (χ3n) is 15.3. The summed E-state index contributed by atoms with van der Waals surface area (Å²) in [7, 11) is 0. The Labute approximate surface area is 421 Å². The Morgan fingerprint density at radius 2 is 0.653 bits per heavy atom. The second-order valence-corrected chi connectivity index (χ2v) is 19.1. The summed E-state index contributed by atoms with van der Waals surface area (Å²) in [5, 5.41) is 2.51. The Morgan fingerprint density at radius 3 is 1.26 bits per heavy atom. The lowest BCUT2D eigenvalue weighted by molar-refractivity contribution is 0.793. The zero-order valence-electron chi connectivity index (χ0n) is 39.6. The van der Waals surface area contributed by atoms with Gasteiger partial charge in [-0.25, -0.2) is 0 Å². The third kappa shape index (κ3) is 6.55. The molecule has 1 spiro atoms. The topological polar surface area (TPSA) is 3.24 Å². The van der Waals surface area contributed by atoms with Crippen molar-refractivity contribution in [3.63, 3.8) is 0 Å². The van der Waals surface area contributed by atoms with Crippen LogP contribution >= 0.6 is 0 Å². The lowest BCUT2D eigenvalue weighted by Crippen LogP contribution is -2.26. The van der Waals surface area contributed by atoms with Crippen molar-refractivity contribution in [2.24, 2.45) is 0 Å². The van der Waals surface area contributed by atoms with Crippen molar-refractivity contribution in [2.75, 3.05) is 4.90 Å². The molecule has 0 aliphatic heterocycles. The van der Waals surface area contributed by atoms with Crippen molar-refractivity contribution in [3.8, 4) is 77.9 Å². The van der Waals surface area contributed by atoms with Gasteiger partial charge in [-0.1, -0.05) is 249 Å². The molecule has 2 aliphatic carbocycles. The average Bonchev–Trinajstić information content (AvgIpc) is 3.93. The highest BCUT2D eigenvalue weighted by Gasteiger charge is 2.51. The van der Waals surface area contributed by atoms with E-state index in [0.717, 1.165) is 17.1 Å². The van der Waals surface area contributed by atoms with Crippen LogP contribution in [-0.2, 0) is 5.41 Å². The second kappa shape index (κ2) is 17.0. The molecule has 1 nitrogen and oxygen atoms in total. The summed E-state index contributed by atoms with van der Waals surface area (Å²) in [4.78, 5) is 2.51. The molecule has 336 valence electrons. The highest BCUT2D eigenvalue weighted by Crippen LogP contribution is 2.63. The molecular weight excluding hydrogens is 867 g/mol. The van der Waals surface area contributed by atoms with Gasteiger partial charge in [-0.05, 0) is 142 Å². The van der Waals surface area contributed by atoms with Gasteiger partial charge in [0.15, 0.2) is 0 Å². The quantitative estimate of drug-likeness (QED) is 0.147. The molecule has 0 fully saturated rings. The Balaban J connectivity index is 0.986. The average molecular weight is 914 g/mol. The number of anilines is 3. The number of rotatable bonds is 8. The number of nitrogens with zero attached hydrogens (tertiary/aromatic N) is 1. The highest BCUT2D eigenvalue weighted by atomic mass is 15.1. The molecule has 14 rings (SSSR count). The highest BCUT2D eigenvalue weighted by molar-refractivity contribution is 6.02. The zero-order valence-corrected chi connectivity index (χ0v) is 39.6. The Hall–Kier alpha value is -9.30. The molecule has 0 N–H and O–H groups in total. The van der Waals surface area contributed by atoms with Crippen LogP contribution in [0.1, 0.15) is 22.3 Å². The maximum atomic E-state index is 2.51. The molecule has 0 unspecified atom stereocenters. The van der Waals surface area contributed by atoms with E-state index in [0.29, 0.717) is 0 Å². The molecule has 0 aromatic heterocycles. The van der Waals surface area contributed by atoms with E-state index in [1.165, 1.54) is 111 Å². The van der Waals surface area contributed by atoms with Crippen molar-refractivity contribution in [2.45, 2.75) is 5.41 Å². The van der Waals surface area contributed by atoms with E-state index in [2.05, 4.69) is 290 Å². The summed E-state index contributed by atoms with van der Waals surface area (Å²) in [6.07, 6.45) is 0. The van der Waals surface area contributed by atoms with E-state index in [1.54, 1.807) is 0 Å². The van der Waals surface area contributed by atoms with E-state index >= 15 is 0 Å². The minimum atomic E-state index is -0.488. The Kier molecular flexibility index (Phi) is 9.82. The first-order valence-electron chi connectivity index (χ1n) is 25.0. The van der Waals surface area contributed by atoms with Crippen LogP contribution < -0.4 is 4.90 Å². The first kappa shape index (κ1) is 41.7. The standard InChI is InChI=1S/C71H47N/c1-3-19-52(20-4-1)58-24-9-10-28-64(58)70-59(53-21-5-2-6-22-53)29-17-33-69(70)72(56-42-40-50(41-43-56)49-34-36-51(37-35-49)55-39-38-48-18-7-8-23-54(48)46-55)57-44-45-63-62-27-13-16-32-67(62)71(68(63)47-57)65-30-14-11-25-60(65)61-26-12-15-31-66(61)71/h1-47H. The van der Waals surface area contributed by atoms with Crippen LogP contribution in [0, 0.1) is 0 Å². The zero-order chi connectivity index (χ0) is 47.6. The van der Waals surface area contributed by atoms with Crippen LogP contribution in [0.5, 0.6) is 0 Å². The van der Waals surface area contributed by atoms with Crippen LogP contribution in [0.4, 0.5) is 17.1 Å². The third-order valence-corrected chi connectivity index (χ3v) is 15.3. The summed E-state index contributed by atoms with van der Waals surface area (Å²) < 4.78 is 0. The molecule has 12 aromatic rings. The van der Waals surface area contributed by atoms with E-state index in [9.17, 15) is 0 Å². The smallest absolute Gasteiger partial charge is 0.0726 e. The fourth-order valence-electron chi connectivity index (χ4n) is 12.1. The first-order valence-corrected chi connectivity index (χ1v) is 25.0. The van der Waals surface area contributed by atoms with Gasteiger partial charge >= 0.3 is 0 Å². The maximum Gasteiger partial charge on any atom is 0.0726 e. The minimum Gasteiger partial charge on any atom is -0.310 e. The molecule has 0 bridgehead atoms. The van der Waals surface area contributed by atoms with Gasteiger partial charge in [0.2, 0.25) is 0 Å². The Morgan fingerprint density at radius 1 is 0.222 bits per heavy atom. The fraction of sp³-hybridized carbons (Fsp3) is 0.0141. The number of fused-ring (bicyclic) bond motifs is 11. The van der Waals surface area contributed by atoms with E-state index in [1.807, 2.05) is 0 Å². The lowest BCUT2D eigenvalue weighted by atomic mass is 9.70. The minimum absolute atomic E-state index is 0.488. The maximum absolute atomic E-state index is 2.51. The van der Waals surface area contributed by atoms with E-state index in [4.69, 9.17) is 0 Å². The largest absolute Gasteiger partial charge is 0.310 e. The van der Waals surface area contributed by atoms with Crippen LogP contribution in [0.15, 0.2) is 285 Å². The van der Waals surface area contributed by atoms with Crippen molar-refractivity contribution in [1.82, 2.24) is 0 Å². The van der Waals surface area contributed by atoms with Gasteiger partial charge in [-0.3, -0.25) is 0 Å². The molecular formula is C71H47N. The fourth-order valence-corrected chi connectivity index (χ4v) is 12.1. The van der Waals surface area contributed by atoms with Crippen molar-refractivity contribution in [3.05, 3.63) is 307 Å². The van der Waals surface area contributed by atoms with Gasteiger partial charge in [0.25, 0.3) is 0 Å². The van der Waals surface area contributed by atoms with E-state index in [-0.39, 0.29) is 0 Å². The lowest BCUT2D eigenvalue weighted by Gasteiger charge is -2.33. The normalized spacial score (nSPS) is 12.6. The van der Waals surface area contributed by atoms with Crippen LogP contribution in [-0.4, -0.2) is 0 Å². The van der Waals surface area contributed by atoms with Gasteiger partial charge in [0, 0.05) is 16.9 Å². The molecule has 1 heteroatoms. The summed E-state index contributed by atoms with van der Waals surface area (Å²) in [6.45, 7) is 0. The number of hydrogen-bond donors (Lipinski definition) is 0. The molecule has 0 radical (unpaired) electrons. The summed E-state index contributed by atoms with van der Waals surface area (Å²) in [5.74, 6) is 0. The van der Waals surface area contributed by atoms with Crippen LogP contribution in [0.2, 0.25) is 0 Å². The second-order valence-electron chi connectivity index (χ2n) is 19.1. The van der Waals surface area contributed by atoms with Gasteiger partial charge in [0.1, 0.15) is 0 Å². The molecule has 0 heterocycles. The predicted octanol–water partition coefficient (Wildman–Crippen LogP) is 19.0. The first-order chi connectivity index (χ1) is 35.7. The predicted molar refractivity (Wildman–Crippen MR) is 302 cm³/mol. The molecule has 0 saturated heterocycles. The molecule has 72 heavy (non-hydrogen) atoms. The Bertz CT molecular complexity index is 3950. The molecule has 0 amide bonds. The van der Waals surface area contributed by atoms with Gasteiger partial charge in [-0.2, -0.15) is 0 Å². The van der Waals surface area contributed by atoms with Crippen molar-refractivity contribution in [1.29, 1.82) is 0 Å². The summed E-state index contributed by atoms with van der Waals surface area (Å²) in [6, 6.07) is 105. The summed E-state index contributed by atoms with van der Waals surface area (Å²) in [5.41, 5.74) is 25.1. The van der Waals surface area contributed by atoms with Crippen LogP contribution in [0.3, 0.4) is 0 Å². The number of hydrogen-bond acceptors (Lipinski definition) is 1. The van der Waals surface area contributed by atoms with Crippen LogP contribution in [0.25, 0.3) is 88.7 Å². The van der Waals surface area contributed by atoms with E-state index < -0.39 is 5.41 Å². The number of benzene rings is 12. The molecule has 12 aromatic carbocycles. The van der Waals surface area contributed by atoms with Gasteiger partial charge in [-0.15, -0.1) is 0 Å². The molecule has 2 aliphatic rings. The van der Waals surface area contributed by atoms with Crippen molar-refractivity contribution >= 4 is 27.8 Å². The van der Waals surface area contributed by atoms with Gasteiger partial charge < -0.3 is 4.90 Å². The van der Waals surface area contributed by atoms with Crippen molar-refractivity contribution < 1.29 is 0 Å². The molecule has 0 saturated carbocycles. The van der Waals surface area contributed by atoms with Gasteiger partial charge in [0.05, 0.1) is 11.1 Å². The summed E-state index contributed by atoms with van der Waals surface area (Å²) >= 11 is 0. The monoisotopic (exact) mass is 913 g/mol.